The molecule has 7 heteroatoms. The minimum Gasteiger partial charge on any atom is -0.339 e. The van der Waals surface area contributed by atoms with E-state index in [1.807, 2.05) is 11.8 Å². The number of aryl methyl sites for hydroxylation is 1. The minimum atomic E-state index is 0.469. The van der Waals surface area contributed by atoms with Crippen LogP contribution in [0, 0.1) is 0 Å². The average Bonchev–Trinajstić information content (AvgIpc) is 3.24. The number of aromatic nitrogens is 3. The van der Waals surface area contributed by atoms with Crippen LogP contribution in [0.3, 0.4) is 0 Å². The Hall–Kier alpha value is -0.890. The van der Waals surface area contributed by atoms with Gasteiger partial charge in [0.15, 0.2) is 5.16 Å². The van der Waals surface area contributed by atoms with E-state index in [0.29, 0.717) is 5.92 Å². The van der Waals surface area contributed by atoms with Crippen LogP contribution in [-0.4, -0.2) is 47.6 Å². The van der Waals surface area contributed by atoms with Crippen molar-refractivity contribution in [1.29, 1.82) is 0 Å². The third kappa shape index (κ3) is 3.59. The zero-order valence-corrected chi connectivity index (χ0v) is 19.1. The summed E-state index contributed by atoms with van der Waals surface area (Å²) in [6.45, 7) is 5.65. The third-order valence-electron chi connectivity index (χ3n) is 5.08. The molecule has 1 N–H and O–H groups in total. The molecule has 1 aliphatic rings. The second kappa shape index (κ2) is 7.85. The van der Waals surface area contributed by atoms with E-state index in [4.69, 9.17) is 15.0 Å². The number of rotatable bonds is 6. The lowest BCUT2D eigenvalue weighted by molar-refractivity contribution is -0.855. The van der Waals surface area contributed by atoms with Crippen LogP contribution in [0.2, 0.25) is 0 Å². The lowest BCUT2D eigenvalue weighted by Gasteiger charge is -2.12. The first-order valence-corrected chi connectivity index (χ1v) is 12.6. The maximum absolute atomic E-state index is 5.12. The van der Waals surface area contributed by atoms with Gasteiger partial charge >= 0.3 is 0 Å². The Kier molecular flexibility index (Phi) is 5.65. The van der Waals surface area contributed by atoms with Gasteiger partial charge < -0.3 is 4.90 Å². The van der Waals surface area contributed by atoms with Gasteiger partial charge in [-0.05, 0) is 42.6 Å². The lowest BCUT2D eigenvalue weighted by atomic mass is 9.99. The fourth-order valence-corrected chi connectivity index (χ4v) is 6.61. The predicted molar refractivity (Wildman–Crippen MR) is 119 cm³/mol. The molecule has 4 nitrogen and oxygen atoms in total. The van der Waals surface area contributed by atoms with Gasteiger partial charge in [0.25, 0.3) is 0 Å². The number of thioether (sulfide) groups is 2. The van der Waals surface area contributed by atoms with Gasteiger partial charge in [-0.15, -0.1) is 11.3 Å². The van der Waals surface area contributed by atoms with Crippen molar-refractivity contribution in [2.24, 2.45) is 0 Å². The number of nitrogens with zero attached hydrogens (tertiary/aromatic N) is 3. The highest BCUT2D eigenvalue weighted by molar-refractivity contribution is 7.99. The highest BCUT2D eigenvalue weighted by Crippen LogP contribution is 2.43. The van der Waals surface area contributed by atoms with Crippen LogP contribution >= 0.6 is 34.9 Å². The number of hydrogen-bond donors (Lipinski definition) is 1. The third-order valence-corrected chi connectivity index (χ3v) is 7.82. The molecule has 4 rings (SSSR count). The highest BCUT2D eigenvalue weighted by atomic mass is 32.2. The molecule has 0 aliphatic heterocycles. The first-order valence-electron chi connectivity index (χ1n) is 9.61. The number of fused-ring (bicyclic) bond motifs is 5. The van der Waals surface area contributed by atoms with Crippen molar-refractivity contribution in [3.8, 4) is 0 Å². The van der Waals surface area contributed by atoms with Gasteiger partial charge in [0.2, 0.25) is 0 Å². The van der Waals surface area contributed by atoms with Gasteiger partial charge in [0.1, 0.15) is 9.86 Å². The fraction of sp³-hybridized carbons (Fsp3) is 0.550. The molecular formula is C20H27N4S3+. The molecule has 0 unspecified atom stereocenters. The molecule has 0 atom stereocenters. The predicted octanol–water partition coefficient (Wildman–Crippen LogP) is 3.81. The standard InChI is InChI=1S/C20H26N4S3/c1-11(2)15-13-8-6-7-12(13)14-16-17(27-18(14)21-15)19(23-20(22-16)25-5)26-10-9-24(3)4/h11H,6-10H2,1-5H3/p+1. The van der Waals surface area contributed by atoms with E-state index >= 15 is 0 Å². The molecule has 0 fully saturated rings. The Morgan fingerprint density at radius 1 is 1.11 bits per heavy atom. The first kappa shape index (κ1) is 19.4. The number of nitrogens with one attached hydrogen (secondary N) is 1. The van der Waals surface area contributed by atoms with Crippen molar-refractivity contribution < 1.29 is 4.90 Å². The van der Waals surface area contributed by atoms with Gasteiger partial charge in [0, 0.05) is 16.8 Å². The molecule has 0 bridgehead atoms. The summed E-state index contributed by atoms with van der Waals surface area (Å²) in [4.78, 5) is 17.5. The van der Waals surface area contributed by atoms with Gasteiger partial charge in [-0.2, -0.15) is 0 Å². The summed E-state index contributed by atoms with van der Waals surface area (Å²) < 4.78 is 1.23. The van der Waals surface area contributed by atoms with Gasteiger partial charge in [-0.3, -0.25) is 0 Å². The summed E-state index contributed by atoms with van der Waals surface area (Å²) in [6, 6.07) is 0. The molecule has 0 radical (unpaired) electrons. The van der Waals surface area contributed by atoms with E-state index in [2.05, 4.69) is 34.2 Å². The number of thiophene rings is 1. The first-order chi connectivity index (χ1) is 13.0. The molecule has 0 saturated heterocycles. The molecule has 3 aromatic rings. The summed E-state index contributed by atoms with van der Waals surface area (Å²) in [5.74, 6) is 1.54. The number of pyridine rings is 1. The molecule has 0 spiro atoms. The maximum Gasteiger partial charge on any atom is 0.189 e. The fourth-order valence-electron chi connectivity index (χ4n) is 3.77. The number of hydrogen-bond acceptors (Lipinski definition) is 6. The molecule has 0 saturated carbocycles. The Morgan fingerprint density at radius 3 is 2.59 bits per heavy atom. The van der Waals surface area contributed by atoms with Crippen molar-refractivity contribution >= 4 is 55.3 Å². The molecule has 27 heavy (non-hydrogen) atoms. The van der Waals surface area contributed by atoms with Crippen molar-refractivity contribution in [2.75, 3.05) is 32.6 Å². The topological polar surface area (TPSA) is 43.1 Å². The van der Waals surface area contributed by atoms with Gasteiger partial charge in [-0.25, -0.2) is 15.0 Å². The van der Waals surface area contributed by atoms with Crippen molar-refractivity contribution in [2.45, 2.75) is 49.2 Å². The van der Waals surface area contributed by atoms with Crippen LogP contribution in [0.15, 0.2) is 10.2 Å². The summed E-state index contributed by atoms with van der Waals surface area (Å²) in [6.07, 6.45) is 5.62. The van der Waals surface area contributed by atoms with Crippen LogP contribution in [0.25, 0.3) is 20.4 Å². The summed E-state index contributed by atoms with van der Waals surface area (Å²) in [7, 11) is 4.40. The Labute approximate surface area is 173 Å². The van der Waals surface area contributed by atoms with Crippen LogP contribution in [-0.2, 0) is 12.8 Å². The highest BCUT2D eigenvalue weighted by Gasteiger charge is 2.25. The Morgan fingerprint density at radius 2 is 1.89 bits per heavy atom. The maximum atomic E-state index is 5.12. The van der Waals surface area contributed by atoms with E-state index in [0.717, 1.165) is 45.7 Å². The van der Waals surface area contributed by atoms with Crippen LogP contribution in [0.1, 0.15) is 43.0 Å². The second-order valence-electron chi connectivity index (χ2n) is 7.74. The zero-order chi connectivity index (χ0) is 19.1. The Bertz CT molecular complexity index is 994. The molecule has 0 amide bonds. The van der Waals surface area contributed by atoms with Gasteiger partial charge in [-0.1, -0.05) is 37.4 Å². The van der Waals surface area contributed by atoms with Crippen molar-refractivity contribution in [3.63, 3.8) is 0 Å². The smallest absolute Gasteiger partial charge is 0.189 e. The number of quaternary nitrogens is 1. The molecule has 1 aliphatic carbocycles. The van der Waals surface area contributed by atoms with Crippen LogP contribution in [0.5, 0.6) is 0 Å². The zero-order valence-electron chi connectivity index (χ0n) is 16.7. The van der Waals surface area contributed by atoms with E-state index in [1.54, 1.807) is 23.1 Å². The average molecular weight is 420 g/mol. The summed E-state index contributed by atoms with van der Waals surface area (Å²) >= 11 is 5.29. The van der Waals surface area contributed by atoms with E-state index in [-0.39, 0.29) is 0 Å². The normalized spacial score (nSPS) is 14.2. The summed E-state index contributed by atoms with van der Waals surface area (Å²) in [5.41, 5.74) is 5.43. The van der Waals surface area contributed by atoms with Crippen LogP contribution < -0.4 is 4.90 Å². The van der Waals surface area contributed by atoms with Crippen molar-refractivity contribution in [1.82, 2.24) is 15.0 Å². The van der Waals surface area contributed by atoms with E-state index in [1.165, 1.54) is 38.2 Å². The van der Waals surface area contributed by atoms with Gasteiger partial charge in [0.05, 0.1) is 30.9 Å². The minimum absolute atomic E-state index is 0.469. The van der Waals surface area contributed by atoms with E-state index in [9.17, 15) is 0 Å². The van der Waals surface area contributed by atoms with Crippen LogP contribution in [0.4, 0.5) is 0 Å². The molecule has 3 aromatic heterocycles. The van der Waals surface area contributed by atoms with Crippen molar-refractivity contribution in [3.05, 3.63) is 16.8 Å². The van der Waals surface area contributed by atoms with E-state index < -0.39 is 0 Å². The summed E-state index contributed by atoms with van der Waals surface area (Å²) in [5, 5.41) is 3.32. The molecule has 0 aromatic carbocycles. The lowest BCUT2D eigenvalue weighted by Crippen LogP contribution is -3.06. The molecular weight excluding hydrogens is 392 g/mol. The molecule has 144 valence electrons. The Balaban J connectivity index is 1.93. The quantitative estimate of drug-likeness (QED) is 0.374. The SMILES string of the molecule is CSc1nc(SCC[NH+](C)C)c2sc3nc(C(C)C)c4c(c3c2n1)CCC4. The second-order valence-corrected chi connectivity index (χ2v) is 10.6. The monoisotopic (exact) mass is 419 g/mol. The molecule has 3 heterocycles. The largest absolute Gasteiger partial charge is 0.339 e.